The molecule has 5 rings (SSSR count). The minimum Gasteiger partial charge on any atom is -0.497 e. The number of rotatable bonds is 16. The molecule has 5 nitrogen and oxygen atoms in total. The van der Waals surface area contributed by atoms with E-state index >= 15 is 0 Å². The second-order valence-electron chi connectivity index (χ2n) is 13.0. The quantitative estimate of drug-likeness (QED) is 0.0602. The highest BCUT2D eigenvalue weighted by atomic mass is 28.4. The monoisotopic (exact) mass is 672 g/mol. The van der Waals surface area contributed by atoms with Crippen molar-refractivity contribution in [2.24, 2.45) is 0 Å². The Hall–Kier alpha value is -4.46. The molecule has 0 saturated carbocycles. The van der Waals surface area contributed by atoms with Crippen molar-refractivity contribution in [1.82, 2.24) is 0 Å². The first-order valence-corrected chi connectivity index (χ1v) is 18.7. The maximum absolute atomic E-state index is 7.33. The summed E-state index contributed by atoms with van der Waals surface area (Å²) in [5, 5.41) is 2.25. The van der Waals surface area contributed by atoms with Crippen LogP contribution in [0.4, 0.5) is 0 Å². The van der Waals surface area contributed by atoms with Gasteiger partial charge in [-0.05, 0) is 56.4 Å². The third kappa shape index (κ3) is 7.74. The zero-order valence-electron chi connectivity index (χ0n) is 29.3. The molecule has 0 radical (unpaired) electrons. The van der Waals surface area contributed by atoms with Gasteiger partial charge in [0.1, 0.15) is 23.2 Å². The Morgan fingerprint density at radius 2 is 1.02 bits per heavy atom. The lowest BCUT2D eigenvalue weighted by Gasteiger charge is -2.44. The molecule has 5 aromatic carbocycles. The first-order chi connectivity index (χ1) is 23.8. The molecule has 254 valence electrons. The topological polar surface area (TPSA) is 46.2 Å². The van der Waals surface area contributed by atoms with Gasteiger partial charge in [-0.15, -0.1) is 6.58 Å². The van der Waals surface area contributed by atoms with Gasteiger partial charge < -0.3 is 23.4 Å². The van der Waals surface area contributed by atoms with Gasteiger partial charge in [0.25, 0.3) is 8.32 Å². The summed E-state index contributed by atoms with van der Waals surface area (Å²) in [6.07, 6.45) is 1.37. The highest BCUT2D eigenvalue weighted by Gasteiger charge is 2.50. The minimum atomic E-state index is -2.83. The maximum atomic E-state index is 7.33. The van der Waals surface area contributed by atoms with Crippen molar-refractivity contribution >= 4 is 18.7 Å². The Bertz CT molecular complexity index is 1630. The average Bonchev–Trinajstić information content (AvgIpc) is 3.15. The Balaban J connectivity index is 1.58. The summed E-state index contributed by atoms with van der Waals surface area (Å²) in [6, 6.07) is 47.8. The molecule has 0 aromatic heterocycles. The van der Waals surface area contributed by atoms with Gasteiger partial charge in [-0.25, -0.2) is 0 Å². The molecule has 5 aromatic rings. The Morgan fingerprint density at radius 3 is 1.43 bits per heavy atom. The van der Waals surface area contributed by atoms with E-state index in [1.54, 1.807) is 20.3 Å². The summed E-state index contributed by atoms with van der Waals surface area (Å²) in [5.41, 5.74) is 1.92. The van der Waals surface area contributed by atoms with Gasteiger partial charge in [0.05, 0.1) is 34.0 Å². The molecule has 0 bridgehead atoms. The molecule has 0 aliphatic heterocycles. The first kappa shape index (κ1) is 35.8. The third-order valence-corrected chi connectivity index (χ3v) is 14.0. The van der Waals surface area contributed by atoms with Crippen LogP contribution in [-0.2, 0) is 19.5 Å². The number of methoxy groups -OCH3 is 2. The second kappa shape index (κ2) is 16.3. The van der Waals surface area contributed by atoms with Gasteiger partial charge in [-0.2, -0.15) is 0 Å². The molecular weight excluding hydrogens is 625 g/mol. The van der Waals surface area contributed by atoms with E-state index in [9.17, 15) is 0 Å². The van der Waals surface area contributed by atoms with E-state index in [2.05, 4.69) is 124 Å². The number of hydrogen-bond acceptors (Lipinski definition) is 5. The largest absolute Gasteiger partial charge is 0.497 e. The Labute approximate surface area is 293 Å². The molecule has 49 heavy (non-hydrogen) atoms. The van der Waals surface area contributed by atoms with Crippen molar-refractivity contribution < 1.29 is 23.4 Å². The molecular formula is C43H48O5Si. The Morgan fingerprint density at radius 1 is 0.592 bits per heavy atom. The molecule has 1 unspecified atom stereocenters. The van der Waals surface area contributed by atoms with E-state index in [0.717, 1.165) is 28.2 Å². The molecule has 0 heterocycles. The lowest BCUT2D eigenvalue weighted by molar-refractivity contribution is -0.0726. The van der Waals surface area contributed by atoms with Crippen molar-refractivity contribution in [2.75, 3.05) is 34.0 Å². The average molecular weight is 673 g/mol. The van der Waals surface area contributed by atoms with E-state index in [1.165, 1.54) is 10.4 Å². The number of ether oxygens (including phenoxy) is 4. The van der Waals surface area contributed by atoms with E-state index in [4.69, 9.17) is 23.4 Å². The zero-order valence-corrected chi connectivity index (χ0v) is 30.3. The van der Waals surface area contributed by atoms with Gasteiger partial charge in [-0.1, -0.05) is 142 Å². The highest BCUT2D eigenvalue weighted by Crippen LogP contribution is 2.42. The summed E-state index contributed by atoms with van der Waals surface area (Å²) in [7, 11) is 0.519. The fraction of sp³-hybridized carbons (Fsp3) is 0.256. The van der Waals surface area contributed by atoms with Crippen LogP contribution >= 0.6 is 0 Å². The van der Waals surface area contributed by atoms with Crippen molar-refractivity contribution in [1.29, 1.82) is 0 Å². The number of benzene rings is 5. The normalized spacial score (nSPS) is 12.7. The summed E-state index contributed by atoms with van der Waals surface area (Å²) in [5.74, 6) is 1.54. The van der Waals surface area contributed by atoms with E-state index in [-0.39, 0.29) is 11.6 Å². The Kier molecular flexibility index (Phi) is 11.9. The van der Waals surface area contributed by atoms with Crippen LogP contribution in [0.25, 0.3) is 0 Å². The van der Waals surface area contributed by atoms with Crippen LogP contribution in [0.2, 0.25) is 5.04 Å². The summed E-state index contributed by atoms with van der Waals surface area (Å²) >= 11 is 0. The van der Waals surface area contributed by atoms with Gasteiger partial charge >= 0.3 is 0 Å². The van der Waals surface area contributed by atoms with Crippen LogP contribution in [0.1, 0.15) is 37.5 Å². The van der Waals surface area contributed by atoms with Crippen molar-refractivity contribution in [3.8, 4) is 11.5 Å². The molecule has 0 spiro atoms. The van der Waals surface area contributed by atoms with Crippen LogP contribution in [0.5, 0.6) is 11.5 Å². The van der Waals surface area contributed by atoms with E-state index < -0.39 is 20.0 Å². The van der Waals surface area contributed by atoms with Crippen LogP contribution in [0, 0.1) is 0 Å². The van der Waals surface area contributed by atoms with Crippen molar-refractivity contribution in [3.63, 3.8) is 0 Å². The predicted molar refractivity (Wildman–Crippen MR) is 202 cm³/mol. The number of hydrogen-bond donors (Lipinski definition) is 0. The molecule has 0 N–H and O–H groups in total. The van der Waals surface area contributed by atoms with Crippen LogP contribution in [0.3, 0.4) is 0 Å². The summed E-state index contributed by atoms with van der Waals surface area (Å²) in [6.45, 7) is 11.7. The van der Waals surface area contributed by atoms with Gasteiger partial charge in [0.2, 0.25) is 0 Å². The van der Waals surface area contributed by atoms with Crippen LogP contribution < -0.4 is 19.8 Å². The first-order valence-electron chi connectivity index (χ1n) is 16.7. The minimum absolute atomic E-state index is 0.181. The van der Waals surface area contributed by atoms with E-state index in [1.807, 2.05) is 42.5 Å². The molecule has 0 aliphatic rings. The summed E-state index contributed by atoms with van der Waals surface area (Å²) < 4.78 is 32.1. The van der Waals surface area contributed by atoms with Crippen molar-refractivity contribution in [2.45, 2.75) is 37.5 Å². The maximum Gasteiger partial charge on any atom is 0.261 e. The van der Waals surface area contributed by atoms with Crippen LogP contribution in [-0.4, -0.2) is 48.5 Å². The second-order valence-corrected chi connectivity index (χ2v) is 17.3. The van der Waals surface area contributed by atoms with Gasteiger partial charge in [0, 0.05) is 0 Å². The van der Waals surface area contributed by atoms with Crippen molar-refractivity contribution in [3.05, 3.63) is 169 Å². The standard InChI is InChI=1S/C43H48O5Si/c1-7-31-46-39(33-48-49(42(2,3)4,40-19-13-9-14-20-40)41-21-15-10-16-22-41)32-47-43(34-17-11-8-12-18-34,35-23-27-37(44-5)28-24-35)36-25-29-38(45-6)30-26-36/h7-30,39H,1,31-33H2,2-6H3. The predicted octanol–water partition coefficient (Wildman–Crippen LogP) is 8.16. The molecule has 6 heteroatoms. The molecule has 0 amide bonds. The third-order valence-electron chi connectivity index (χ3n) is 9.01. The lowest BCUT2D eigenvalue weighted by atomic mass is 9.80. The molecule has 0 saturated heterocycles. The van der Waals surface area contributed by atoms with Gasteiger partial charge in [-0.3, -0.25) is 0 Å². The molecule has 1 atom stereocenters. The zero-order chi connectivity index (χ0) is 34.7. The molecule has 0 aliphatic carbocycles. The highest BCUT2D eigenvalue weighted by molar-refractivity contribution is 6.99. The molecule has 0 fully saturated rings. The smallest absolute Gasteiger partial charge is 0.261 e. The fourth-order valence-electron chi connectivity index (χ4n) is 6.62. The van der Waals surface area contributed by atoms with E-state index in [0.29, 0.717) is 13.2 Å². The summed E-state index contributed by atoms with van der Waals surface area (Å²) in [4.78, 5) is 0. The van der Waals surface area contributed by atoms with Gasteiger partial charge in [0.15, 0.2) is 0 Å². The lowest BCUT2D eigenvalue weighted by Crippen LogP contribution is -2.67. The van der Waals surface area contributed by atoms with Crippen LogP contribution in [0.15, 0.2) is 152 Å². The SMILES string of the molecule is C=CCOC(COC(c1ccccc1)(c1ccc(OC)cc1)c1ccc(OC)cc1)CO[Si](c1ccccc1)(c1ccccc1)C(C)(C)C. The fourth-order valence-corrected chi connectivity index (χ4v) is 11.2.